The van der Waals surface area contributed by atoms with Gasteiger partial charge in [-0.3, -0.25) is 0 Å². The first-order chi connectivity index (χ1) is 7.78. The van der Waals surface area contributed by atoms with E-state index in [1.54, 1.807) is 0 Å². The van der Waals surface area contributed by atoms with Gasteiger partial charge in [-0.05, 0) is 31.0 Å². The van der Waals surface area contributed by atoms with Crippen LogP contribution in [0.15, 0.2) is 30.5 Å². The maximum atomic E-state index is 4.17. The fourth-order valence-corrected chi connectivity index (χ4v) is 1.66. The summed E-state index contributed by atoms with van der Waals surface area (Å²) < 4.78 is 0. The highest BCUT2D eigenvalue weighted by Gasteiger charge is 1.97. The van der Waals surface area contributed by atoms with Gasteiger partial charge in [0.1, 0.15) is 5.82 Å². The fourth-order valence-electron chi connectivity index (χ4n) is 1.66. The second kappa shape index (κ2) is 4.84. The van der Waals surface area contributed by atoms with Crippen LogP contribution in [0.1, 0.15) is 24.0 Å². The molecule has 1 heterocycles. The smallest absolute Gasteiger partial charge is 0.103 e. The molecule has 3 heteroatoms. The zero-order valence-corrected chi connectivity index (χ0v) is 9.75. The van der Waals surface area contributed by atoms with Gasteiger partial charge in [-0.2, -0.15) is 0 Å². The molecule has 0 bridgehead atoms. The summed E-state index contributed by atoms with van der Waals surface area (Å²) in [4.78, 5) is 7.37. The first-order valence-corrected chi connectivity index (χ1v) is 5.61. The number of hydrogen-bond acceptors (Lipinski definition) is 2. The standard InChI is InChI=1S/C13H17N3/c1-3-11-5-4-6-12(7-11)15-9-13-8-14-10(2)16-13/h4-8,15H,3,9H2,1-2H3,(H,14,16). The van der Waals surface area contributed by atoms with E-state index in [-0.39, 0.29) is 0 Å². The summed E-state index contributed by atoms with van der Waals surface area (Å²) in [6, 6.07) is 8.50. The van der Waals surface area contributed by atoms with Crippen molar-refractivity contribution in [1.29, 1.82) is 0 Å². The highest BCUT2D eigenvalue weighted by Crippen LogP contribution is 2.12. The molecule has 2 rings (SSSR count). The van der Waals surface area contributed by atoms with Crippen molar-refractivity contribution in [3.05, 3.63) is 47.5 Å². The second-order valence-electron chi connectivity index (χ2n) is 3.90. The van der Waals surface area contributed by atoms with E-state index in [2.05, 4.69) is 46.5 Å². The quantitative estimate of drug-likeness (QED) is 0.823. The van der Waals surface area contributed by atoms with E-state index in [1.165, 1.54) is 5.56 Å². The lowest BCUT2D eigenvalue weighted by atomic mass is 10.1. The monoisotopic (exact) mass is 215 g/mol. The number of nitrogens with one attached hydrogen (secondary N) is 2. The maximum Gasteiger partial charge on any atom is 0.103 e. The summed E-state index contributed by atoms with van der Waals surface area (Å²) in [7, 11) is 0. The van der Waals surface area contributed by atoms with Crippen LogP contribution in [0, 0.1) is 6.92 Å². The molecule has 16 heavy (non-hydrogen) atoms. The molecule has 1 aromatic carbocycles. The maximum absolute atomic E-state index is 4.17. The Labute approximate surface area is 95.9 Å². The van der Waals surface area contributed by atoms with Crippen LogP contribution in [0.4, 0.5) is 5.69 Å². The third-order valence-electron chi connectivity index (χ3n) is 2.57. The van der Waals surface area contributed by atoms with Gasteiger partial charge in [0.05, 0.1) is 18.4 Å². The van der Waals surface area contributed by atoms with Gasteiger partial charge in [-0.15, -0.1) is 0 Å². The summed E-state index contributed by atoms with van der Waals surface area (Å²) in [6.07, 6.45) is 2.94. The lowest BCUT2D eigenvalue weighted by Crippen LogP contribution is -2.00. The van der Waals surface area contributed by atoms with Gasteiger partial charge < -0.3 is 10.3 Å². The van der Waals surface area contributed by atoms with E-state index in [1.807, 2.05) is 13.1 Å². The van der Waals surface area contributed by atoms with Crippen LogP contribution in [0.25, 0.3) is 0 Å². The molecule has 2 aromatic rings. The van der Waals surface area contributed by atoms with E-state index in [0.29, 0.717) is 0 Å². The molecule has 0 atom stereocenters. The third kappa shape index (κ3) is 2.63. The van der Waals surface area contributed by atoms with Gasteiger partial charge in [0.15, 0.2) is 0 Å². The number of H-pyrrole nitrogens is 1. The number of aromatic nitrogens is 2. The summed E-state index contributed by atoms with van der Waals surface area (Å²) in [5.74, 6) is 0.958. The molecule has 84 valence electrons. The number of aromatic amines is 1. The van der Waals surface area contributed by atoms with Crippen LogP contribution in [0.2, 0.25) is 0 Å². The first-order valence-electron chi connectivity index (χ1n) is 5.61. The van der Waals surface area contributed by atoms with Crippen LogP contribution in [0.5, 0.6) is 0 Å². The van der Waals surface area contributed by atoms with Crippen LogP contribution in [-0.4, -0.2) is 9.97 Å². The number of hydrogen-bond donors (Lipinski definition) is 2. The Morgan fingerprint density at radius 3 is 2.94 bits per heavy atom. The molecule has 0 amide bonds. The van der Waals surface area contributed by atoms with Crippen molar-refractivity contribution < 1.29 is 0 Å². The van der Waals surface area contributed by atoms with Crippen molar-refractivity contribution in [2.24, 2.45) is 0 Å². The molecule has 0 fully saturated rings. The van der Waals surface area contributed by atoms with E-state index in [9.17, 15) is 0 Å². The molecule has 0 saturated heterocycles. The SMILES string of the molecule is CCc1cccc(NCc2cnc(C)[nH]2)c1. The van der Waals surface area contributed by atoms with Gasteiger partial charge in [0, 0.05) is 5.69 Å². The number of rotatable bonds is 4. The minimum atomic E-state index is 0.786. The molecule has 0 aliphatic carbocycles. The van der Waals surface area contributed by atoms with E-state index >= 15 is 0 Å². The molecule has 1 aromatic heterocycles. The first kappa shape index (κ1) is 10.7. The van der Waals surface area contributed by atoms with Gasteiger partial charge in [0.2, 0.25) is 0 Å². The van der Waals surface area contributed by atoms with Gasteiger partial charge in [-0.1, -0.05) is 19.1 Å². The number of imidazole rings is 1. The van der Waals surface area contributed by atoms with Gasteiger partial charge in [0.25, 0.3) is 0 Å². The highest BCUT2D eigenvalue weighted by molar-refractivity contribution is 5.45. The number of aryl methyl sites for hydroxylation is 2. The lowest BCUT2D eigenvalue weighted by Gasteiger charge is -2.06. The van der Waals surface area contributed by atoms with Crippen molar-refractivity contribution in [2.75, 3.05) is 5.32 Å². The minimum Gasteiger partial charge on any atom is -0.379 e. The van der Waals surface area contributed by atoms with Gasteiger partial charge >= 0.3 is 0 Å². The van der Waals surface area contributed by atoms with E-state index in [4.69, 9.17) is 0 Å². The minimum absolute atomic E-state index is 0.786. The highest BCUT2D eigenvalue weighted by atomic mass is 15.0. The Morgan fingerprint density at radius 1 is 1.38 bits per heavy atom. The molecule has 0 spiro atoms. The number of anilines is 1. The third-order valence-corrected chi connectivity index (χ3v) is 2.57. The number of nitrogens with zero attached hydrogens (tertiary/aromatic N) is 1. The Kier molecular flexibility index (Phi) is 3.25. The lowest BCUT2D eigenvalue weighted by molar-refractivity contribution is 1.04. The number of benzene rings is 1. The van der Waals surface area contributed by atoms with Crippen molar-refractivity contribution in [3.63, 3.8) is 0 Å². The zero-order chi connectivity index (χ0) is 11.4. The topological polar surface area (TPSA) is 40.7 Å². The Bertz CT molecular complexity index is 460. The van der Waals surface area contributed by atoms with Crippen LogP contribution >= 0.6 is 0 Å². The molecular formula is C13H17N3. The second-order valence-corrected chi connectivity index (χ2v) is 3.90. The van der Waals surface area contributed by atoms with E-state index < -0.39 is 0 Å². The molecule has 3 nitrogen and oxygen atoms in total. The predicted octanol–water partition coefficient (Wildman–Crippen LogP) is 2.89. The molecule has 0 aliphatic rings. The zero-order valence-electron chi connectivity index (χ0n) is 9.75. The fraction of sp³-hybridized carbons (Fsp3) is 0.308. The Hall–Kier alpha value is -1.77. The largest absolute Gasteiger partial charge is 0.379 e. The summed E-state index contributed by atoms with van der Waals surface area (Å²) in [5.41, 5.74) is 3.62. The summed E-state index contributed by atoms with van der Waals surface area (Å²) in [5, 5.41) is 3.38. The van der Waals surface area contributed by atoms with Crippen LogP contribution in [-0.2, 0) is 13.0 Å². The van der Waals surface area contributed by atoms with E-state index in [0.717, 1.165) is 30.2 Å². The average Bonchev–Trinajstić information content (AvgIpc) is 2.73. The normalized spacial score (nSPS) is 10.4. The van der Waals surface area contributed by atoms with Crippen molar-refractivity contribution >= 4 is 5.69 Å². The summed E-state index contributed by atoms with van der Waals surface area (Å²) >= 11 is 0. The van der Waals surface area contributed by atoms with Crippen LogP contribution < -0.4 is 5.32 Å². The predicted molar refractivity (Wildman–Crippen MR) is 66.5 cm³/mol. The van der Waals surface area contributed by atoms with Gasteiger partial charge in [-0.25, -0.2) is 4.98 Å². The molecule has 0 unspecified atom stereocenters. The summed E-state index contributed by atoms with van der Waals surface area (Å²) in [6.45, 7) is 4.91. The van der Waals surface area contributed by atoms with Crippen LogP contribution in [0.3, 0.4) is 0 Å². The molecule has 0 saturated carbocycles. The van der Waals surface area contributed by atoms with Crippen molar-refractivity contribution in [1.82, 2.24) is 9.97 Å². The Balaban J connectivity index is 1.99. The van der Waals surface area contributed by atoms with Crippen molar-refractivity contribution in [2.45, 2.75) is 26.8 Å². The Morgan fingerprint density at radius 2 is 2.25 bits per heavy atom. The molecule has 0 radical (unpaired) electrons. The van der Waals surface area contributed by atoms with Crippen molar-refractivity contribution in [3.8, 4) is 0 Å². The molecule has 0 aliphatic heterocycles. The molecular weight excluding hydrogens is 198 g/mol. The molecule has 2 N–H and O–H groups in total. The average molecular weight is 215 g/mol.